The molecule has 3 rings (SSSR count). The van der Waals surface area contributed by atoms with E-state index in [1.165, 1.54) is 6.07 Å². The first-order valence-electron chi connectivity index (χ1n) is 5.93. The smallest absolute Gasteiger partial charge is 0.247 e. The molecule has 2 heterocycles. The highest BCUT2D eigenvalue weighted by molar-refractivity contribution is 9.10. The monoisotopic (exact) mass is 335 g/mol. The van der Waals surface area contributed by atoms with Crippen LogP contribution in [0.15, 0.2) is 20.0 Å². The maximum atomic E-state index is 12.5. The first-order chi connectivity index (χ1) is 8.52. The molecule has 1 saturated carbocycles. The SMILES string of the molecule is O=S(=O)(c1cc(CO)oc1Br)N1CC2CCC1C2. The third-order valence-electron chi connectivity index (χ3n) is 3.81. The normalized spacial score (nSPS) is 28.1. The van der Waals surface area contributed by atoms with Crippen molar-refractivity contribution in [2.24, 2.45) is 5.92 Å². The molecule has 2 aliphatic rings. The van der Waals surface area contributed by atoms with Gasteiger partial charge < -0.3 is 9.52 Å². The van der Waals surface area contributed by atoms with E-state index in [0.717, 1.165) is 19.3 Å². The molecule has 18 heavy (non-hydrogen) atoms. The van der Waals surface area contributed by atoms with Crippen molar-refractivity contribution in [2.75, 3.05) is 6.54 Å². The fourth-order valence-corrected chi connectivity index (χ4v) is 5.66. The minimum atomic E-state index is -3.51. The van der Waals surface area contributed by atoms with Crippen LogP contribution >= 0.6 is 15.9 Å². The predicted molar refractivity (Wildman–Crippen MR) is 67.4 cm³/mol. The maximum absolute atomic E-state index is 12.5. The Kier molecular flexibility index (Phi) is 3.04. The molecule has 100 valence electrons. The third-order valence-corrected chi connectivity index (χ3v) is 6.58. The summed E-state index contributed by atoms with van der Waals surface area (Å²) in [7, 11) is -3.51. The van der Waals surface area contributed by atoms with Crippen LogP contribution in [0, 0.1) is 5.92 Å². The average molecular weight is 336 g/mol. The first-order valence-corrected chi connectivity index (χ1v) is 8.16. The Morgan fingerprint density at radius 1 is 1.50 bits per heavy atom. The van der Waals surface area contributed by atoms with Crippen molar-refractivity contribution >= 4 is 26.0 Å². The molecule has 1 aromatic rings. The van der Waals surface area contributed by atoms with Crippen LogP contribution in [-0.4, -0.2) is 30.4 Å². The second kappa shape index (κ2) is 4.33. The molecule has 7 heteroatoms. The molecule has 1 N–H and O–H groups in total. The van der Waals surface area contributed by atoms with Gasteiger partial charge in [0.1, 0.15) is 17.3 Å². The van der Waals surface area contributed by atoms with E-state index in [4.69, 9.17) is 9.52 Å². The van der Waals surface area contributed by atoms with Crippen LogP contribution in [0.2, 0.25) is 0 Å². The minimum Gasteiger partial charge on any atom is -0.450 e. The molecule has 0 amide bonds. The standard InChI is InChI=1S/C11H14BrNO4S/c12-11-10(4-9(6-14)17-11)18(15,16)13-5-7-1-2-8(13)3-7/h4,7-8,14H,1-3,5-6H2. The first kappa shape index (κ1) is 12.7. The van der Waals surface area contributed by atoms with E-state index in [2.05, 4.69) is 15.9 Å². The lowest BCUT2D eigenvalue weighted by molar-refractivity contribution is 0.245. The summed E-state index contributed by atoms with van der Waals surface area (Å²) < 4.78 is 32.0. The topological polar surface area (TPSA) is 70.8 Å². The second-order valence-electron chi connectivity index (χ2n) is 4.92. The summed E-state index contributed by atoms with van der Waals surface area (Å²) in [5, 5.41) is 8.99. The van der Waals surface area contributed by atoms with Crippen LogP contribution in [0.25, 0.3) is 0 Å². The van der Waals surface area contributed by atoms with Gasteiger partial charge in [0, 0.05) is 18.7 Å². The molecule has 1 aromatic heterocycles. The quantitative estimate of drug-likeness (QED) is 0.912. The van der Waals surface area contributed by atoms with Crippen LogP contribution in [0.4, 0.5) is 0 Å². The molecule has 0 radical (unpaired) electrons. The second-order valence-corrected chi connectivity index (χ2v) is 7.50. The highest BCUT2D eigenvalue weighted by Crippen LogP contribution is 2.41. The van der Waals surface area contributed by atoms with E-state index in [1.807, 2.05) is 0 Å². The fraction of sp³-hybridized carbons (Fsp3) is 0.636. The average Bonchev–Trinajstić information content (AvgIpc) is 3.02. The maximum Gasteiger partial charge on any atom is 0.247 e. The van der Waals surface area contributed by atoms with Gasteiger partial charge in [0.2, 0.25) is 10.0 Å². The van der Waals surface area contributed by atoms with Crippen LogP contribution in [0.1, 0.15) is 25.0 Å². The fourth-order valence-electron chi connectivity index (χ4n) is 2.95. The Morgan fingerprint density at radius 3 is 2.78 bits per heavy atom. The van der Waals surface area contributed by atoms with E-state index in [0.29, 0.717) is 12.5 Å². The van der Waals surface area contributed by atoms with Gasteiger partial charge in [-0.1, -0.05) is 0 Å². The van der Waals surface area contributed by atoms with Gasteiger partial charge in [-0.3, -0.25) is 0 Å². The lowest BCUT2D eigenvalue weighted by atomic mass is 10.1. The number of furan rings is 1. The Hall–Kier alpha value is -0.370. The van der Waals surface area contributed by atoms with Crippen molar-refractivity contribution in [3.63, 3.8) is 0 Å². The number of hydrogen-bond donors (Lipinski definition) is 1. The van der Waals surface area contributed by atoms with Crippen molar-refractivity contribution in [2.45, 2.75) is 36.8 Å². The molecular weight excluding hydrogens is 322 g/mol. The van der Waals surface area contributed by atoms with Gasteiger partial charge in [-0.05, 0) is 41.1 Å². The molecule has 0 spiro atoms. The molecule has 2 fully saturated rings. The number of rotatable bonds is 3. The highest BCUT2D eigenvalue weighted by Gasteiger charge is 2.45. The lowest BCUT2D eigenvalue weighted by Gasteiger charge is -2.25. The predicted octanol–water partition coefficient (Wildman–Crippen LogP) is 1.71. The van der Waals surface area contributed by atoms with Gasteiger partial charge in [0.25, 0.3) is 0 Å². The summed E-state index contributed by atoms with van der Waals surface area (Å²) in [4.78, 5) is 0.124. The van der Waals surface area contributed by atoms with Crippen LogP contribution in [-0.2, 0) is 16.6 Å². The van der Waals surface area contributed by atoms with Crippen molar-refractivity contribution < 1.29 is 17.9 Å². The summed E-state index contributed by atoms with van der Waals surface area (Å²) in [5.41, 5.74) is 0. The Bertz CT molecular complexity index is 568. The zero-order valence-corrected chi connectivity index (χ0v) is 12.1. The summed E-state index contributed by atoms with van der Waals surface area (Å²) in [5.74, 6) is 0.762. The van der Waals surface area contributed by atoms with Gasteiger partial charge in [-0.2, -0.15) is 4.31 Å². The van der Waals surface area contributed by atoms with Gasteiger partial charge >= 0.3 is 0 Å². The Morgan fingerprint density at radius 2 is 2.28 bits per heavy atom. The largest absolute Gasteiger partial charge is 0.450 e. The summed E-state index contributed by atoms with van der Waals surface area (Å²) in [6.07, 6.45) is 3.05. The van der Waals surface area contributed by atoms with Gasteiger partial charge in [-0.15, -0.1) is 0 Å². The van der Waals surface area contributed by atoms with Crippen molar-refractivity contribution in [1.29, 1.82) is 0 Å². The number of sulfonamides is 1. The molecule has 2 atom stereocenters. The van der Waals surface area contributed by atoms with E-state index in [1.54, 1.807) is 4.31 Å². The lowest BCUT2D eigenvalue weighted by Crippen LogP contribution is -2.37. The van der Waals surface area contributed by atoms with Crippen molar-refractivity contribution in [3.8, 4) is 0 Å². The van der Waals surface area contributed by atoms with Gasteiger partial charge in [0.05, 0.1) is 0 Å². The molecule has 2 unspecified atom stereocenters. The van der Waals surface area contributed by atoms with Crippen LogP contribution in [0.5, 0.6) is 0 Å². The van der Waals surface area contributed by atoms with Crippen LogP contribution < -0.4 is 0 Å². The van der Waals surface area contributed by atoms with Crippen LogP contribution in [0.3, 0.4) is 0 Å². The number of hydrogen-bond acceptors (Lipinski definition) is 4. The van der Waals surface area contributed by atoms with E-state index in [-0.39, 0.29) is 28.0 Å². The highest BCUT2D eigenvalue weighted by atomic mass is 79.9. The van der Waals surface area contributed by atoms with Crippen molar-refractivity contribution in [1.82, 2.24) is 4.31 Å². The zero-order chi connectivity index (χ0) is 12.9. The zero-order valence-electron chi connectivity index (χ0n) is 9.67. The summed E-state index contributed by atoms with van der Waals surface area (Å²) in [6, 6.07) is 1.53. The van der Waals surface area contributed by atoms with Gasteiger partial charge in [-0.25, -0.2) is 8.42 Å². The van der Waals surface area contributed by atoms with E-state index in [9.17, 15) is 8.42 Å². The minimum absolute atomic E-state index is 0.124. The molecule has 1 saturated heterocycles. The summed E-state index contributed by atoms with van der Waals surface area (Å²) in [6.45, 7) is 0.305. The molecule has 0 aromatic carbocycles. The molecule has 1 aliphatic heterocycles. The third kappa shape index (κ3) is 1.84. The Labute approximate surface area is 114 Å². The van der Waals surface area contributed by atoms with Gasteiger partial charge in [0.15, 0.2) is 4.67 Å². The number of nitrogens with zero attached hydrogens (tertiary/aromatic N) is 1. The summed E-state index contributed by atoms with van der Waals surface area (Å²) >= 11 is 3.11. The number of halogens is 1. The molecular formula is C11H14BrNO4S. The number of fused-ring (bicyclic) bond motifs is 2. The molecule has 1 aliphatic carbocycles. The number of aliphatic hydroxyl groups excluding tert-OH is 1. The number of piperidine rings is 1. The van der Waals surface area contributed by atoms with Crippen molar-refractivity contribution in [3.05, 3.63) is 16.5 Å². The van der Waals surface area contributed by atoms with E-state index < -0.39 is 10.0 Å². The molecule has 5 nitrogen and oxygen atoms in total. The van der Waals surface area contributed by atoms with E-state index >= 15 is 0 Å². The Balaban J connectivity index is 1.97. The number of aliphatic hydroxyl groups is 1. The molecule has 2 bridgehead atoms.